The highest BCUT2D eigenvalue weighted by molar-refractivity contribution is 6.24. The fraction of sp³-hybridized carbons (Fsp3) is 0.250. The van der Waals surface area contributed by atoms with Gasteiger partial charge in [-0.1, -0.05) is 48.5 Å². The summed E-state index contributed by atoms with van der Waals surface area (Å²) in [4.78, 5) is 42.5. The first-order chi connectivity index (χ1) is 17.4. The number of hydrogen-bond acceptors (Lipinski definition) is 6. The second-order valence-corrected chi connectivity index (χ2v) is 8.75. The van der Waals surface area contributed by atoms with Crippen LogP contribution in [-0.4, -0.2) is 31.5 Å². The number of benzene rings is 3. The molecule has 2 aliphatic heterocycles. The van der Waals surface area contributed by atoms with Crippen LogP contribution in [0.3, 0.4) is 0 Å². The molecule has 2 fully saturated rings. The number of nitrogens with one attached hydrogen (secondary N) is 1. The Hall–Kier alpha value is -4.04. The zero-order chi connectivity index (χ0) is 25.4. The summed E-state index contributed by atoms with van der Waals surface area (Å²) >= 11 is 0. The van der Waals surface area contributed by atoms with E-state index in [2.05, 4.69) is 5.32 Å². The van der Waals surface area contributed by atoms with Crippen LogP contribution in [0, 0.1) is 17.7 Å². The number of methoxy groups -OCH3 is 1. The van der Waals surface area contributed by atoms with Crippen molar-refractivity contribution in [3.63, 3.8) is 0 Å². The minimum atomic E-state index is -1.69. The van der Waals surface area contributed by atoms with Gasteiger partial charge in [-0.3, -0.25) is 14.9 Å². The maximum absolute atomic E-state index is 15.0. The van der Waals surface area contributed by atoms with E-state index in [4.69, 9.17) is 9.47 Å². The number of carbonyl (C=O) groups excluding carboxylic acids is 3. The van der Waals surface area contributed by atoms with Gasteiger partial charge >= 0.3 is 5.97 Å². The van der Waals surface area contributed by atoms with E-state index in [0.717, 1.165) is 4.90 Å². The van der Waals surface area contributed by atoms with Gasteiger partial charge < -0.3 is 9.47 Å². The Morgan fingerprint density at radius 2 is 1.64 bits per heavy atom. The summed E-state index contributed by atoms with van der Waals surface area (Å²) < 4.78 is 25.7. The molecule has 7 nitrogen and oxygen atoms in total. The molecule has 2 saturated heterocycles. The Labute approximate surface area is 207 Å². The van der Waals surface area contributed by atoms with Crippen LogP contribution < -0.4 is 15.0 Å². The summed E-state index contributed by atoms with van der Waals surface area (Å²) in [5.41, 5.74) is -0.688. The number of ether oxygens (including phenoxy) is 2. The Morgan fingerprint density at radius 1 is 0.972 bits per heavy atom. The lowest BCUT2D eigenvalue weighted by molar-refractivity contribution is -0.152. The fourth-order valence-corrected chi connectivity index (χ4v) is 5.45. The highest BCUT2D eigenvalue weighted by Gasteiger charge is 2.70. The van der Waals surface area contributed by atoms with Crippen LogP contribution in [0.2, 0.25) is 0 Å². The van der Waals surface area contributed by atoms with Crippen LogP contribution in [0.15, 0.2) is 78.9 Å². The standard InChI is InChI=1S/C28H25FN2O5/c1-3-36-19-15-13-18(14-16-19)31-25(32)22-23(26(31)33)28(27(34)35-2,17-9-5-4-6-10-17)30-24(22)20-11-7-8-12-21(20)29/h4-16,22-24,30H,3H2,1-2H3/t22-,23+,24+,28-/m1/s1. The monoisotopic (exact) mass is 488 g/mol. The molecular formula is C28H25FN2O5. The first kappa shape index (κ1) is 23.7. The summed E-state index contributed by atoms with van der Waals surface area (Å²) in [7, 11) is 1.23. The van der Waals surface area contributed by atoms with Crippen LogP contribution in [-0.2, 0) is 24.7 Å². The average molecular weight is 489 g/mol. The highest BCUT2D eigenvalue weighted by atomic mass is 19.1. The Kier molecular flexibility index (Phi) is 6.05. The molecule has 5 rings (SSSR count). The van der Waals surface area contributed by atoms with Gasteiger partial charge in [0, 0.05) is 11.6 Å². The van der Waals surface area contributed by atoms with Gasteiger partial charge in [-0.25, -0.2) is 14.1 Å². The molecule has 8 heteroatoms. The Bertz CT molecular complexity index is 1310. The highest BCUT2D eigenvalue weighted by Crippen LogP contribution is 2.54. The lowest BCUT2D eigenvalue weighted by Crippen LogP contribution is -2.53. The summed E-state index contributed by atoms with van der Waals surface area (Å²) in [5.74, 6) is -3.94. The van der Waals surface area contributed by atoms with E-state index in [1.54, 1.807) is 72.8 Å². The summed E-state index contributed by atoms with van der Waals surface area (Å²) in [6.45, 7) is 2.33. The van der Waals surface area contributed by atoms with Gasteiger partial charge in [0.1, 0.15) is 11.6 Å². The van der Waals surface area contributed by atoms with E-state index >= 15 is 4.39 Å². The average Bonchev–Trinajstić information content (AvgIpc) is 3.39. The summed E-state index contributed by atoms with van der Waals surface area (Å²) in [6.07, 6.45) is 0. The van der Waals surface area contributed by atoms with Crippen molar-refractivity contribution in [3.8, 4) is 5.75 Å². The van der Waals surface area contributed by atoms with Crippen LogP contribution >= 0.6 is 0 Å². The van der Waals surface area contributed by atoms with Crippen molar-refractivity contribution in [2.24, 2.45) is 11.8 Å². The van der Waals surface area contributed by atoms with E-state index in [1.165, 1.54) is 13.2 Å². The third kappa shape index (κ3) is 3.48. The van der Waals surface area contributed by atoms with E-state index < -0.39 is 47.0 Å². The number of imide groups is 1. The molecule has 1 N–H and O–H groups in total. The van der Waals surface area contributed by atoms with Crippen molar-refractivity contribution in [1.82, 2.24) is 5.32 Å². The molecule has 4 atom stereocenters. The molecule has 2 heterocycles. The molecule has 36 heavy (non-hydrogen) atoms. The van der Waals surface area contributed by atoms with Gasteiger partial charge in [-0.15, -0.1) is 0 Å². The molecular weight excluding hydrogens is 463 g/mol. The Morgan fingerprint density at radius 3 is 2.28 bits per heavy atom. The normalized spacial score (nSPS) is 25.1. The number of rotatable bonds is 6. The molecule has 3 aromatic rings. The molecule has 2 amide bonds. The van der Waals surface area contributed by atoms with Crippen molar-refractivity contribution in [2.45, 2.75) is 18.5 Å². The maximum Gasteiger partial charge on any atom is 0.331 e. The molecule has 184 valence electrons. The second-order valence-electron chi connectivity index (χ2n) is 8.75. The van der Waals surface area contributed by atoms with Crippen molar-refractivity contribution >= 4 is 23.5 Å². The predicted octanol–water partition coefficient (Wildman–Crippen LogP) is 3.74. The lowest BCUT2D eigenvalue weighted by Gasteiger charge is -2.33. The first-order valence-electron chi connectivity index (χ1n) is 11.7. The molecule has 0 spiro atoms. The van der Waals surface area contributed by atoms with Crippen LogP contribution in [0.1, 0.15) is 24.1 Å². The number of hydrogen-bond donors (Lipinski definition) is 1. The number of amides is 2. The van der Waals surface area contributed by atoms with Gasteiger partial charge in [-0.05, 0) is 42.8 Å². The van der Waals surface area contributed by atoms with Crippen molar-refractivity contribution in [2.75, 3.05) is 18.6 Å². The molecule has 0 aromatic heterocycles. The third-order valence-electron chi connectivity index (χ3n) is 6.94. The van der Waals surface area contributed by atoms with Gasteiger partial charge in [0.05, 0.1) is 31.2 Å². The topological polar surface area (TPSA) is 84.9 Å². The molecule has 0 bridgehead atoms. The molecule has 0 radical (unpaired) electrons. The molecule has 0 aliphatic carbocycles. The zero-order valence-corrected chi connectivity index (χ0v) is 19.8. The minimum absolute atomic E-state index is 0.198. The van der Waals surface area contributed by atoms with E-state index in [0.29, 0.717) is 23.6 Å². The minimum Gasteiger partial charge on any atom is -0.494 e. The van der Waals surface area contributed by atoms with Gasteiger partial charge in [0.25, 0.3) is 0 Å². The zero-order valence-electron chi connectivity index (χ0n) is 19.8. The number of esters is 1. The van der Waals surface area contributed by atoms with Crippen molar-refractivity contribution < 1.29 is 28.2 Å². The number of nitrogens with zero attached hydrogens (tertiary/aromatic N) is 1. The fourth-order valence-electron chi connectivity index (χ4n) is 5.45. The van der Waals surface area contributed by atoms with Crippen LogP contribution in [0.5, 0.6) is 5.75 Å². The molecule has 0 unspecified atom stereocenters. The Balaban J connectivity index is 1.69. The number of carbonyl (C=O) groups is 3. The number of anilines is 1. The van der Waals surface area contributed by atoms with E-state index in [-0.39, 0.29) is 5.56 Å². The summed E-state index contributed by atoms with van der Waals surface area (Å²) in [6, 6.07) is 20.3. The quantitative estimate of drug-likeness (QED) is 0.420. The lowest BCUT2D eigenvalue weighted by atomic mass is 9.75. The van der Waals surface area contributed by atoms with Gasteiger partial charge in [-0.2, -0.15) is 0 Å². The molecule has 2 aliphatic rings. The SMILES string of the molecule is CCOc1ccc(N2C(=O)[C@@H]3[C@@H](C2=O)[C@@](C(=O)OC)(c2ccccc2)N[C@H]3c2ccccc2F)cc1. The smallest absolute Gasteiger partial charge is 0.331 e. The molecule has 0 saturated carbocycles. The maximum atomic E-state index is 15.0. The largest absolute Gasteiger partial charge is 0.494 e. The predicted molar refractivity (Wildman–Crippen MR) is 129 cm³/mol. The first-order valence-corrected chi connectivity index (χ1v) is 11.7. The van der Waals surface area contributed by atoms with Gasteiger partial charge in [0.15, 0.2) is 5.54 Å². The van der Waals surface area contributed by atoms with Crippen LogP contribution in [0.4, 0.5) is 10.1 Å². The number of halogens is 1. The van der Waals surface area contributed by atoms with Gasteiger partial charge in [0.2, 0.25) is 11.8 Å². The van der Waals surface area contributed by atoms with E-state index in [1.807, 2.05) is 6.92 Å². The number of fused-ring (bicyclic) bond motifs is 1. The molecule has 3 aromatic carbocycles. The second kappa shape index (κ2) is 9.20. The van der Waals surface area contributed by atoms with Crippen molar-refractivity contribution in [3.05, 3.63) is 95.8 Å². The van der Waals surface area contributed by atoms with Crippen LogP contribution in [0.25, 0.3) is 0 Å². The van der Waals surface area contributed by atoms with Crippen molar-refractivity contribution in [1.29, 1.82) is 0 Å². The third-order valence-corrected chi connectivity index (χ3v) is 6.94. The summed E-state index contributed by atoms with van der Waals surface area (Å²) in [5, 5.41) is 3.19. The van der Waals surface area contributed by atoms with E-state index in [9.17, 15) is 14.4 Å².